The Balaban J connectivity index is 1.98. The van der Waals surface area contributed by atoms with Crippen molar-refractivity contribution in [1.82, 2.24) is 4.90 Å². The molecular formula is C21H21Cl2NO3S. The number of carbonyl (C=O) groups excluding carboxylic acids is 2. The zero-order valence-electron chi connectivity index (χ0n) is 15.8. The molecule has 4 nitrogen and oxygen atoms in total. The van der Waals surface area contributed by atoms with Gasteiger partial charge >= 0.3 is 5.97 Å². The minimum atomic E-state index is -0.666. The minimum absolute atomic E-state index is 0.216. The predicted octanol–water partition coefficient (Wildman–Crippen LogP) is 5.51. The fourth-order valence-electron chi connectivity index (χ4n) is 3.01. The first-order valence-electron chi connectivity index (χ1n) is 8.94. The van der Waals surface area contributed by atoms with Crippen molar-refractivity contribution < 1.29 is 14.3 Å². The predicted molar refractivity (Wildman–Crippen MR) is 114 cm³/mol. The number of carbonyl (C=O) groups is 2. The summed E-state index contributed by atoms with van der Waals surface area (Å²) in [5.74, 6) is -0.161. The van der Waals surface area contributed by atoms with E-state index in [2.05, 4.69) is 0 Å². The highest BCUT2D eigenvalue weighted by molar-refractivity contribution is 7.99. The van der Waals surface area contributed by atoms with Gasteiger partial charge in [-0.05, 0) is 50.6 Å². The molecule has 3 rings (SSSR count). The number of hydrogen-bond donors (Lipinski definition) is 0. The summed E-state index contributed by atoms with van der Waals surface area (Å²) in [4.78, 5) is 27.6. The van der Waals surface area contributed by atoms with Crippen LogP contribution < -0.4 is 0 Å². The van der Waals surface area contributed by atoms with E-state index in [9.17, 15) is 9.59 Å². The van der Waals surface area contributed by atoms with Crippen LogP contribution in [0.1, 0.15) is 40.7 Å². The van der Waals surface area contributed by atoms with E-state index in [1.807, 2.05) is 25.1 Å². The number of nitrogens with zero attached hydrogens (tertiary/aromatic N) is 1. The normalized spacial score (nSPS) is 19.1. The van der Waals surface area contributed by atoms with Crippen molar-refractivity contribution in [3.63, 3.8) is 0 Å². The molecule has 1 heterocycles. The molecule has 7 heteroatoms. The van der Waals surface area contributed by atoms with Crippen LogP contribution >= 0.6 is 35.0 Å². The van der Waals surface area contributed by atoms with E-state index in [1.165, 1.54) is 11.8 Å². The topological polar surface area (TPSA) is 46.6 Å². The molecule has 2 atom stereocenters. The van der Waals surface area contributed by atoms with Crippen molar-refractivity contribution >= 4 is 46.8 Å². The standard InChI is InChI=1S/C21H21Cl2NO3S/c1-12(2)27-21(26)18-11-28-20(15-8-9-16(22)17(23)10-15)24(18)19(25)14-6-4-13(3)5-7-14/h4-10,12,18,20H,11H2,1-3H3. The summed E-state index contributed by atoms with van der Waals surface area (Å²) in [5, 5.41) is 0.504. The van der Waals surface area contributed by atoms with E-state index in [4.69, 9.17) is 27.9 Å². The van der Waals surface area contributed by atoms with Gasteiger partial charge in [-0.15, -0.1) is 11.8 Å². The first-order chi connectivity index (χ1) is 13.3. The Kier molecular flexibility index (Phi) is 6.58. The van der Waals surface area contributed by atoms with Gasteiger partial charge in [0.15, 0.2) is 0 Å². The maximum atomic E-state index is 13.3. The molecule has 148 valence electrons. The molecule has 1 aliphatic heterocycles. The highest BCUT2D eigenvalue weighted by atomic mass is 35.5. The highest BCUT2D eigenvalue weighted by Gasteiger charge is 2.43. The van der Waals surface area contributed by atoms with Gasteiger partial charge in [0.2, 0.25) is 0 Å². The van der Waals surface area contributed by atoms with E-state index in [0.29, 0.717) is 21.4 Å². The number of esters is 1. The van der Waals surface area contributed by atoms with Crippen molar-refractivity contribution in [3.8, 4) is 0 Å². The van der Waals surface area contributed by atoms with Crippen molar-refractivity contribution in [3.05, 3.63) is 69.2 Å². The lowest BCUT2D eigenvalue weighted by molar-refractivity contribution is -0.151. The molecule has 2 aromatic carbocycles. The van der Waals surface area contributed by atoms with Crippen LogP contribution in [-0.2, 0) is 9.53 Å². The molecule has 0 bridgehead atoms. The second-order valence-electron chi connectivity index (χ2n) is 6.94. The van der Waals surface area contributed by atoms with Crippen LogP contribution in [0.15, 0.2) is 42.5 Å². The maximum Gasteiger partial charge on any atom is 0.330 e. The third-order valence-corrected chi connectivity index (χ3v) is 6.45. The van der Waals surface area contributed by atoms with Crippen molar-refractivity contribution in [2.75, 3.05) is 5.75 Å². The summed E-state index contributed by atoms with van der Waals surface area (Å²) in [6.45, 7) is 5.55. The van der Waals surface area contributed by atoms with Crippen molar-refractivity contribution in [1.29, 1.82) is 0 Å². The fourth-order valence-corrected chi connectivity index (χ4v) is 4.72. The largest absolute Gasteiger partial charge is 0.461 e. The summed E-state index contributed by atoms with van der Waals surface area (Å²) >= 11 is 13.7. The van der Waals surface area contributed by atoms with E-state index in [0.717, 1.165) is 11.1 Å². The van der Waals surface area contributed by atoms with Gasteiger partial charge in [-0.25, -0.2) is 4.79 Å². The Hall–Kier alpha value is -1.69. The average Bonchev–Trinajstić information content (AvgIpc) is 3.08. The van der Waals surface area contributed by atoms with E-state index < -0.39 is 12.0 Å². The zero-order valence-corrected chi connectivity index (χ0v) is 18.1. The van der Waals surface area contributed by atoms with Gasteiger partial charge in [0.25, 0.3) is 5.91 Å². The summed E-state index contributed by atoms with van der Waals surface area (Å²) in [7, 11) is 0. The Morgan fingerprint density at radius 2 is 1.79 bits per heavy atom. The molecule has 1 aliphatic rings. The van der Waals surface area contributed by atoms with Gasteiger partial charge in [0.1, 0.15) is 11.4 Å². The summed E-state index contributed by atoms with van der Waals surface area (Å²) in [6.07, 6.45) is -0.252. The van der Waals surface area contributed by atoms with Gasteiger partial charge in [0, 0.05) is 11.3 Å². The molecule has 0 N–H and O–H groups in total. The molecule has 1 saturated heterocycles. The monoisotopic (exact) mass is 437 g/mol. The van der Waals surface area contributed by atoms with E-state index in [-0.39, 0.29) is 17.4 Å². The molecule has 2 unspecified atom stereocenters. The van der Waals surface area contributed by atoms with E-state index in [1.54, 1.807) is 43.0 Å². The quantitative estimate of drug-likeness (QED) is 0.591. The van der Waals surface area contributed by atoms with Crippen LogP contribution in [0.2, 0.25) is 10.0 Å². The molecular weight excluding hydrogens is 417 g/mol. The van der Waals surface area contributed by atoms with Crippen LogP contribution in [0.25, 0.3) is 0 Å². The number of aryl methyl sites for hydroxylation is 1. The SMILES string of the molecule is Cc1ccc(C(=O)N2C(C(=O)OC(C)C)CSC2c2ccc(Cl)c(Cl)c2)cc1. The molecule has 0 spiro atoms. The number of benzene rings is 2. The molecule has 0 saturated carbocycles. The first-order valence-corrected chi connectivity index (χ1v) is 10.7. The average molecular weight is 438 g/mol. The summed E-state index contributed by atoms with van der Waals surface area (Å²) < 4.78 is 5.40. The minimum Gasteiger partial charge on any atom is -0.461 e. The summed E-state index contributed by atoms with van der Waals surface area (Å²) in [6, 6.07) is 11.9. The van der Waals surface area contributed by atoms with Crippen molar-refractivity contribution in [2.45, 2.75) is 38.3 Å². The number of hydrogen-bond acceptors (Lipinski definition) is 4. The number of halogens is 2. The maximum absolute atomic E-state index is 13.3. The second kappa shape index (κ2) is 8.76. The van der Waals surface area contributed by atoms with Gasteiger partial charge in [-0.2, -0.15) is 0 Å². The van der Waals surface area contributed by atoms with Gasteiger partial charge in [-0.3, -0.25) is 4.79 Å². The first kappa shape index (κ1) is 21.0. The lowest BCUT2D eigenvalue weighted by Crippen LogP contribution is -2.44. The number of ether oxygens (including phenoxy) is 1. The third kappa shape index (κ3) is 4.48. The fraction of sp³-hybridized carbons (Fsp3) is 0.333. The van der Waals surface area contributed by atoms with Crippen LogP contribution in [-0.4, -0.2) is 34.7 Å². The highest BCUT2D eigenvalue weighted by Crippen LogP contribution is 2.44. The Morgan fingerprint density at radius 3 is 2.39 bits per heavy atom. The summed E-state index contributed by atoms with van der Waals surface area (Å²) in [5.41, 5.74) is 2.41. The Morgan fingerprint density at radius 1 is 1.11 bits per heavy atom. The lowest BCUT2D eigenvalue weighted by Gasteiger charge is -2.29. The van der Waals surface area contributed by atoms with Crippen molar-refractivity contribution in [2.24, 2.45) is 0 Å². The zero-order chi connectivity index (χ0) is 20.4. The van der Waals surface area contributed by atoms with Crippen LogP contribution in [0.5, 0.6) is 0 Å². The number of amides is 1. The number of thioether (sulfide) groups is 1. The smallest absolute Gasteiger partial charge is 0.330 e. The molecule has 28 heavy (non-hydrogen) atoms. The molecule has 0 aromatic heterocycles. The molecule has 0 radical (unpaired) electrons. The van der Waals surface area contributed by atoms with Gasteiger partial charge in [0.05, 0.1) is 16.1 Å². The lowest BCUT2D eigenvalue weighted by atomic mass is 10.1. The van der Waals surface area contributed by atoms with E-state index >= 15 is 0 Å². The van der Waals surface area contributed by atoms with Gasteiger partial charge in [-0.1, -0.05) is 47.0 Å². The molecule has 2 aromatic rings. The Labute approximate surface area is 179 Å². The Bertz CT molecular complexity index is 886. The van der Waals surface area contributed by atoms with Crippen LogP contribution in [0.4, 0.5) is 0 Å². The van der Waals surface area contributed by atoms with Crippen LogP contribution in [0.3, 0.4) is 0 Å². The van der Waals surface area contributed by atoms with Crippen LogP contribution in [0, 0.1) is 6.92 Å². The number of rotatable bonds is 4. The van der Waals surface area contributed by atoms with Gasteiger partial charge < -0.3 is 9.64 Å². The molecule has 1 fully saturated rings. The third-order valence-electron chi connectivity index (χ3n) is 4.39. The second-order valence-corrected chi connectivity index (χ2v) is 8.87. The molecule has 1 amide bonds. The molecule has 0 aliphatic carbocycles.